The number of halogens is 1. The second-order valence-corrected chi connectivity index (χ2v) is 6.99. The largest absolute Gasteiger partial charge is 0.493 e. The van der Waals surface area contributed by atoms with Crippen LogP contribution in [0.15, 0.2) is 24.5 Å². The average molecular weight is 393 g/mol. The molecule has 1 aromatic heterocycles. The minimum Gasteiger partial charge on any atom is -0.493 e. The lowest BCUT2D eigenvalue weighted by molar-refractivity contribution is -0.125. The summed E-state index contributed by atoms with van der Waals surface area (Å²) in [5.74, 6) is 1.09. The van der Waals surface area contributed by atoms with Gasteiger partial charge in [0.2, 0.25) is 5.91 Å². The number of carbonyl (C=O) groups excluding carboxylic acids is 1. The lowest BCUT2D eigenvalue weighted by atomic mass is 9.90. The number of nitrogens with zero attached hydrogens (tertiary/aromatic N) is 2. The molecule has 2 aromatic rings. The molecule has 0 saturated carbocycles. The Morgan fingerprint density at radius 3 is 2.93 bits per heavy atom. The first kappa shape index (κ1) is 19.5. The monoisotopic (exact) mass is 392 g/mol. The van der Waals surface area contributed by atoms with Crippen LogP contribution < -0.4 is 20.1 Å². The summed E-state index contributed by atoms with van der Waals surface area (Å²) >= 11 is 6.30. The summed E-state index contributed by atoms with van der Waals surface area (Å²) in [5, 5.41) is 11.0. The Balaban J connectivity index is 1.67. The van der Waals surface area contributed by atoms with Crippen molar-refractivity contribution in [1.82, 2.24) is 20.4 Å². The Morgan fingerprint density at radius 2 is 2.26 bits per heavy atom. The number of nitrogens with one attached hydrogen (secondary N) is 2. The minimum atomic E-state index is -0.130. The van der Waals surface area contributed by atoms with Crippen LogP contribution in [0.2, 0.25) is 5.02 Å². The van der Waals surface area contributed by atoms with Crippen LogP contribution in [-0.2, 0) is 18.4 Å². The molecule has 3 rings (SSSR count). The van der Waals surface area contributed by atoms with Crippen LogP contribution in [0, 0.1) is 5.92 Å². The van der Waals surface area contributed by atoms with Crippen LogP contribution in [0.25, 0.3) is 0 Å². The Bertz CT molecular complexity index is 808. The van der Waals surface area contributed by atoms with Crippen molar-refractivity contribution in [2.45, 2.75) is 19.4 Å². The molecule has 1 aliphatic rings. The van der Waals surface area contributed by atoms with E-state index in [0.717, 1.165) is 17.7 Å². The van der Waals surface area contributed by atoms with Crippen LogP contribution in [-0.4, -0.2) is 42.5 Å². The molecule has 1 aliphatic heterocycles. The highest BCUT2D eigenvalue weighted by Crippen LogP contribution is 2.36. The average Bonchev–Trinajstić information content (AvgIpc) is 3.30. The molecule has 146 valence electrons. The molecule has 0 bridgehead atoms. The van der Waals surface area contributed by atoms with E-state index in [-0.39, 0.29) is 17.7 Å². The highest BCUT2D eigenvalue weighted by Gasteiger charge is 2.34. The number of rotatable bonds is 7. The van der Waals surface area contributed by atoms with Crippen molar-refractivity contribution < 1.29 is 14.3 Å². The molecule has 2 atom stereocenters. The van der Waals surface area contributed by atoms with Gasteiger partial charge < -0.3 is 20.1 Å². The first-order valence-electron chi connectivity index (χ1n) is 8.99. The second kappa shape index (κ2) is 8.63. The fourth-order valence-electron chi connectivity index (χ4n) is 3.42. The van der Waals surface area contributed by atoms with Gasteiger partial charge in [-0.1, -0.05) is 11.6 Å². The van der Waals surface area contributed by atoms with E-state index in [2.05, 4.69) is 15.7 Å². The lowest BCUT2D eigenvalue weighted by Gasteiger charge is -2.18. The molecule has 2 heterocycles. The number of aromatic nitrogens is 2. The summed E-state index contributed by atoms with van der Waals surface area (Å²) in [6.07, 6.45) is 3.80. The Hall–Kier alpha value is -2.25. The third-order valence-corrected chi connectivity index (χ3v) is 5.03. The highest BCUT2D eigenvalue weighted by molar-refractivity contribution is 6.32. The van der Waals surface area contributed by atoms with Gasteiger partial charge in [-0.25, -0.2) is 0 Å². The third kappa shape index (κ3) is 4.36. The molecule has 0 unspecified atom stereocenters. The fraction of sp³-hybridized carbons (Fsp3) is 0.474. The number of aryl methyl sites for hydroxylation is 1. The van der Waals surface area contributed by atoms with Crippen LogP contribution in [0.1, 0.15) is 24.0 Å². The number of ether oxygens (including phenoxy) is 2. The summed E-state index contributed by atoms with van der Waals surface area (Å²) in [6.45, 7) is 4.18. The highest BCUT2D eigenvalue weighted by atomic mass is 35.5. The number of carbonyl (C=O) groups is 1. The predicted octanol–water partition coefficient (Wildman–Crippen LogP) is 2.10. The van der Waals surface area contributed by atoms with Crippen molar-refractivity contribution in [2.75, 3.05) is 26.8 Å². The topological polar surface area (TPSA) is 77.4 Å². The summed E-state index contributed by atoms with van der Waals surface area (Å²) in [5.41, 5.74) is 1.94. The smallest absolute Gasteiger partial charge is 0.225 e. The van der Waals surface area contributed by atoms with Crippen LogP contribution in [0.3, 0.4) is 0 Å². The first-order valence-corrected chi connectivity index (χ1v) is 9.37. The van der Waals surface area contributed by atoms with Crippen molar-refractivity contribution in [3.63, 3.8) is 0 Å². The van der Waals surface area contributed by atoms with Crippen molar-refractivity contribution >= 4 is 17.5 Å². The van der Waals surface area contributed by atoms with Gasteiger partial charge in [0.1, 0.15) is 0 Å². The lowest BCUT2D eigenvalue weighted by Crippen LogP contribution is -2.34. The van der Waals surface area contributed by atoms with E-state index in [0.29, 0.717) is 36.2 Å². The van der Waals surface area contributed by atoms with E-state index in [1.165, 1.54) is 0 Å². The Labute approximate surface area is 164 Å². The zero-order chi connectivity index (χ0) is 19.4. The SMILES string of the molecule is CCOc1c(Cl)cc(CNC(=O)[C@H]2CNC[C@@H]2c2cnn(C)c2)cc1OC. The van der Waals surface area contributed by atoms with Crippen molar-refractivity contribution in [1.29, 1.82) is 0 Å². The molecule has 0 spiro atoms. The van der Waals surface area contributed by atoms with Crippen molar-refractivity contribution in [3.8, 4) is 11.5 Å². The number of amides is 1. The maximum absolute atomic E-state index is 12.8. The molecule has 7 nitrogen and oxygen atoms in total. The van der Waals surface area contributed by atoms with Gasteiger partial charge in [-0.15, -0.1) is 0 Å². The molecule has 1 saturated heterocycles. The number of methoxy groups -OCH3 is 1. The maximum Gasteiger partial charge on any atom is 0.225 e. The zero-order valence-corrected chi connectivity index (χ0v) is 16.5. The normalized spacial score (nSPS) is 19.1. The van der Waals surface area contributed by atoms with E-state index in [1.807, 2.05) is 32.4 Å². The van der Waals surface area contributed by atoms with Gasteiger partial charge in [-0.3, -0.25) is 9.48 Å². The molecule has 1 aromatic carbocycles. The molecule has 1 fully saturated rings. The number of hydrogen-bond acceptors (Lipinski definition) is 5. The van der Waals surface area contributed by atoms with Gasteiger partial charge in [0.25, 0.3) is 0 Å². The van der Waals surface area contributed by atoms with Crippen molar-refractivity contribution in [3.05, 3.63) is 40.7 Å². The summed E-state index contributed by atoms with van der Waals surface area (Å²) in [7, 11) is 3.45. The van der Waals surface area contributed by atoms with Crippen LogP contribution >= 0.6 is 11.6 Å². The maximum atomic E-state index is 12.8. The molecular weight excluding hydrogens is 368 g/mol. The number of benzene rings is 1. The van der Waals surface area contributed by atoms with Crippen LogP contribution in [0.4, 0.5) is 0 Å². The molecule has 0 radical (unpaired) electrons. The van der Waals surface area contributed by atoms with Gasteiger partial charge in [-0.05, 0) is 30.2 Å². The zero-order valence-electron chi connectivity index (χ0n) is 15.8. The van der Waals surface area contributed by atoms with Crippen LogP contribution in [0.5, 0.6) is 11.5 Å². The van der Waals surface area contributed by atoms with E-state index in [9.17, 15) is 4.79 Å². The summed E-state index contributed by atoms with van der Waals surface area (Å²) in [6, 6.07) is 3.63. The molecule has 2 N–H and O–H groups in total. The Morgan fingerprint density at radius 1 is 1.44 bits per heavy atom. The minimum absolute atomic E-state index is 0.0119. The predicted molar refractivity (Wildman–Crippen MR) is 103 cm³/mol. The second-order valence-electron chi connectivity index (χ2n) is 6.58. The molecule has 8 heteroatoms. The van der Waals surface area contributed by atoms with Gasteiger partial charge in [0.15, 0.2) is 11.5 Å². The third-order valence-electron chi connectivity index (χ3n) is 4.75. The first-order chi connectivity index (χ1) is 13.0. The van der Waals surface area contributed by atoms with Gasteiger partial charge in [-0.2, -0.15) is 5.10 Å². The molecule has 1 amide bonds. The molecular formula is C19H25ClN4O3. The Kier molecular flexibility index (Phi) is 6.23. The van der Waals surface area contributed by atoms with E-state index >= 15 is 0 Å². The summed E-state index contributed by atoms with van der Waals surface area (Å²) < 4.78 is 12.6. The van der Waals surface area contributed by atoms with E-state index in [1.54, 1.807) is 17.9 Å². The molecule has 27 heavy (non-hydrogen) atoms. The van der Waals surface area contributed by atoms with Gasteiger partial charge >= 0.3 is 0 Å². The standard InChI is InChI=1S/C19H25ClN4O3/c1-4-27-18-16(20)5-12(6-17(18)26-3)7-22-19(25)15-10-21-9-14(15)13-8-23-24(2)11-13/h5-6,8,11,14-15,21H,4,7,9-10H2,1-3H3,(H,22,25)/t14-,15+/m1/s1. The van der Waals surface area contributed by atoms with Gasteiger partial charge in [0.05, 0.1) is 30.9 Å². The number of hydrogen-bond donors (Lipinski definition) is 2. The summed E-state index contributed by atoms with van der Waals surface area (Å²) in [4.78, 5) is 12.8. The molecule has 0 aliphatic carbocycles. The van der Waals surface area contributed by atoms with Gasteiger partial charge in [0, 0.05) is 38.8 Å². The van der Waals surface area contributed by atoms with E-state index in [4.69, 9.17) is 21.1 Å². The quantitative estimate of drug-likeness (QED) is 0.754. The fourth-order valence-corrected chi connectivity index (χ4v) is 3.70. The van der Waals surface area contributed by atoms with Crippen molar-refractivity contribution in [2.24, 2.45) is 13.0 Å². The van der Waals surface area contributed by atoms with E-state index < -0.39 is 0 Å².